The molecule has 0 amide bonds. The van der Waals surface area contributed by atoms with E-state index >= 15 is 0 Å². The van der Waals surface area contributed by atoms with E-state index in [1.54, 1.807) is 25.1 Å². The lowest BCUT2D eigenvalue weighted by atomic mass is 10.2. The van der Waals surface area contributed by atoms with Crippen LogP contribution in [0.2, 0.25) is 0 Å². The Morgan fingerprint density at radius 2 is 2.00 bits per heavy atom. The molecule has 8 heteroatoms. The minimum atomic E-state index is -3.83. The van der Waals surface area contributed by atoms with E-state index in [-0.39, 0.29) is 22.2 Å². The van der Waals surface area contributed by atoms with Crippen LogP contribution in [0.1, 0.15) is 25.3 Å². The standard InChI is InChI=1S/C16H25NO5S2/c1-4-5-8-17-13-10-23(18,19)11-16(13)24(20,21)15-9-12(2)6-7-14(15)22-3/h6-7,9,13,16-17H,4-5,8,10-11H2,1-3H3/t13-,16-/m0/s1. The molecule has 1 aromatic carbocycles. The van der Waals surface area contributed by atoms with E-state index < -0.39 is 31.0 Å². The molecule has 0 aliphatic carbocycles. The Balaban J connectivity index is 2.40. The number of nitrogens with one attached hydrogen (secondary N) is 1. The van der Waals surface area contributed by atoms with Crippen molar-refractivity contribution in [1.82, 2.24) is 5.32 Å². The zero-order chi connectivity index (χ0) is 18.0. The molecule has 0 unspecified atom stereocenters. The third-order valence-electron chi connectivity index (χ3n) is 4.26. The van der Waals surface area contributed by atoms with Crippen molar-refractivity contribution in [2.45, 2.75) is 42.9 Å². The summed E-state index contributed by atoms with van der Waals surface area (Å²) in [4.78, 5) is 0.0643. The summed E-state index contributed by atoms with van der Waals surface area (Å²) in [7, 11) is -5.80. The molecule has 1 aliphatic rings. The molecule has 1 aliphatic heterocycles. The van der Waals surface area contributed by atoms with E-state index in [4.69, 9.17) is 4.74 Å². The molecule has 0 bridgehead atoms. The Kier molecular flexibility index (Phi) is 5.93. The summed E-state index contributed by atoms with van der Waals surface area (Å²) in [6.45, 7) is 4.42. The van der Waals surface area contributed by atoms with Crippen LogP contribution in [0.3, 0.4) is 0 Å². The Bertz CT molecular complexity index is 787. The van der Waals surface area contributed by atoms with Gasteiger partial charge in [-0.1, -0.05) is 19.4 Å². The molecule has 0 saturated carbocycles. The second kappa shape index (κ2) is 7.41. The maximum absolute atomic E-state index is 13.1. The van der Waals surface area contributed by atoms with Gasteiger partial charge >= 0.3 is 0 Å². The summed E-state index contributed by atoms with van der Waals surface area (Å²) in [5.41, 5.74) is 0.783. The number of hydrogen-bond donors (Lipinski definition) is 1. The van der Waals surface area contributed by atoms with Crippen molar-refractivity contribution < 1.29 is 21.6 Å². The van der Waals surface area contributed by atoms with Crippen molar-refractivity contribution in [3.8, 4) is 5.75 Å². The van der Waals surface area contributed by atoms with Crippen LogP contribution in [-0.2, 0) is 19.7 Å². The third-order valence-corrected chi connectivity index (χ3v) is 8.43. The Morgan fingerprint density at radius 1 is 1.29 bits per heavy atom. The van der Waals surface area contributed by atoms with Gasteiger partial charge in [-0.3, -0.25) is 0 Å². The van der Waals surface area contributed by atoms with Gasteiger partial charge in [0.25, 0.3) is 0 Å². The van der Waals surface area contributed by atoms with Crippen molar-refractivity contribution >= 4 is 19.7 Å². The molecule has 2 atom stereocenters. The van der Waals surface area contributed by atoms with E-state index in [0.29, 0.717) is 6.54 Å². The molecular weight excluding hydrogens is 350 g/mol. The van der Waals surface area contributed by atoms with E-state index in [1.165, 1.54) is 7.11 Å². The first-order valence-electron chi connectivity index (χ1n) is 8.03. The lowest BCUT2D eigenvalue weighted by Crippen LogP contribution is -2.43. The van der Waals surface area contributed by atoms with Crippen LogP contribution in [0.4, 0.5) is 0 Å². The molecule has 1 heterocycles. The van der Waals surface area contributed by atoms with Crippen LogP contribution in [0, 0.1) is 6.92 Å². The Hall–Kier alpha value is -1.12. The van der Waals surface area contributed by atoms with Crippen molar-refractivity contribution in [2.75, 3.05) is 25.2 Å². The first-order valence-corrected chi connectivity index (χ1v) is 11.4. The minimum Gasteiger partial charge on any atom is -0.495 e. The molecule has 24 heavy (non-hydrogen) atoms. The largest absolute Gasteiger partial charge is 0.495 e. The number of ether oxygens (including phenoxy) is 1. The topological polar surface area (TPSA) is 89.5 Å². The molecule has 0 spiro atoms. The smallest absolute Gasteiger partial charge is 0.187 e. The summed E-state index contributed by atoms with van der Waals surface area (Å²) >= 11 is 0. The highest BCUT2D eigenvalue weighted by molar-refractivity contribution is 7.96. The van der Waals surface area contributed by atoms with Gasteiger partial charge in [-0.25, -0.2) is 16.8 Å². The fourth-order valence-corrected chi connectivity index (χ4v) is 7.90. The average molecular weight is 376 g/mol. The van der Waals surface area contributed by atoms with E-state index in [1.807, 2.05) is 6.92 Å². The summed E-state index contributed by atoms with van der Waals surface area (Å²) in [5.74, 6) is -0.248. The van der Waals surface area contributed by atoms with Crippen LogP contribution in [0.15, 0.2) is 23.1 Å². The van der Waals surface area contributed by atoms with E-state index in [9.17, 15) is 16.8 Å². The maximum Gasteiger partial charge on any atom is 0.187 e. The molecule has 0 aromatic heterocycles. The molecule has 1 aromatic rings. The van der Waals surface area contributed by atoms with Gasteiger partial charge in [-0.2, -0.15) is 0 Å². The summed E-state index contributed by atoms with van der Waals surface area (Å²) < 4.78 is 55.5. The van der Waals surface area contributed by atoms with Crippen molar-refractivity contribution in [2.24, 2.45) is 0 Å². The lowest BCUT2D eigenvalue weighted by molar-refractivity contribution is 0.402. The van der Waals surface area contributed by atoms with Crippen molar-refractivity contribution in [1.29, 1.82) is 0 Å². The van der Waals surface area contributed by atoms with Crippen molar-refractivity contribution in [3.63, 3.8) is 0 Å². The average Bonchev–Trinajstić information content (AvgIpc) is 2.83. The molecule has 136 valence electrons. The Labute approximate surface area is 144 Å². The van der Waals surface area contributed by atoms with Crippen LogP contribution in [0.5, 0.6) is 5.75 Å². The highest BCUT2D eigenvalue weighted by atomic mass is 32.2. The first kappa shape index (κ1) is 19.2. The number of hydrogen-bond acceptors (Lipinski definition) is 6. The number of aryl methyl sites for hydroxylation is 1. The van der Waals surface area contributed by atoms with Crippen LogP contribution >= 0.6 is 0 Å². The summed E-state index contributed by atoms with van der Waals surface area (Å²) in [5, 5.41) is 2.13. The van der Waals surface area contributed by atoms with Gasteiger partial charge in [0.1, 0.15) is 10.6 Å². The van der Waals surface area contributed by atoms with E-state index in [0.717, 1.165) is 18.4 Å². The quantitative estimate of drug-likeness (QED) is 0.723. The van der Waals surface area contributed by atoms with Gasteiger partial charge in [0, 0.05) is 6.04 Å². The molecule has 1 saturated heterocycles. The molecular formula is C16H25NO5S2. The minimum absolute atomic E-state index is 0.0643. The number of rotatable bonds is 7. The number of benzene rings is 1. The van der Waals surface area contributed by atoms with Gasteiger partial charge < -0.3 is 10.1 Å². The molecule has 0 radical (unpaired) electrons. The van der Waals surface area contributed by atoms with Crippen molar-refractivity contribution in [3.05, 3.63) is 23.8 Å². The predicted octanol–water partition coefficient (Wildman–Crippen LogP) is 1.33. The lowest BCUT2D eigenvalue weighted by Gasteiger charge is -2.21. The fourth-order valence-electron chi connectivity index (χ4n) is 2.95. The monoisotopic (exact) mass is 375 g/mol. The number of unbranched alkanes of at least 4 members (excludes halogenated alkanes) is 1. The summed E-state index contributed by atoms with van der Waals surface area (Å²) in [6.07, 6.45) is 1.83. The van der Waals surface area contributed by atoms with Crippen LogP contribution in [-0.4, -0.2) is 53.3 Å². The maximum atomic E-state index is 13.1. The second-order valence-electron chi connectivity index (χ2n) is 6.23. The SMILES string of the molecule is CCCCN[C@H]1CS(=O)(=O)C[C@@H]1S(=O)(=O)c1cc(C)ccc1OC. The Morgan fingerprint density at radius 3 is 2.62 bits per heavy atom. The second-order valence-corrected chi connectivity index (χ2v) is 10.5. The third kappa shape index (κ3) is 4.10. The van der Waals surface area contributed by atoms with E-state index in [2.05, 4.69) is 5.32 Å². The first-order chi connectivity index (χ1) is 11.2. The normalized spacial score (nSPS) is 23.3. The summed E-state index contributed by atoms with van der Waals surface area (Å²) in [6, 6.07) is 4.32. The number of sulfone groups is 2. The number of methoxy groups -OCH3 is 1. The van der Waals surface area contributed by atoms with Gasteiger partial charge in [-0.15, -0.1) is 0 Å². The molecule has 6 nitrogen and oxygen atoms in total. The van der Waals surface area contributed by atoms with Gasteiger partial charge in [0.2, 0.25) is 0 Å². The fraction of sp³-hybridized carbons (Fsp3) is 0.625. The predicted molar refractivity (Wildman–Crippen MR) is 94.1 cm³/mol. The molecule has 2 rings (SSSR count). The van der Waals surface area contributed by atoms with Crippen LogP contribution < -0.4 is 10.1 Å². The van der Waals surface area contributed by atoms with Crippen LogP contribution in [0.25, 0.3) is 0 Å². The van der Waals surface area contributed by atoms with Gasteiger partial charge in [0.15, 0.2) is 19.7 Å². The van der Waals surface area contributed by atoms with Gasteiger partial charge in [0.05, 0.1) is 23.9 Å². The zero-order valence-corrected chi connectivity index (χ0v) is 15.9. The molecule has 1 fully saturated rings. The highest BCUT2D eigenvalue weighted by Crippen LogP contribution is 2.32. The van der Waals surface area contributed by atoms with Gasteiger partial charge in [-0.05, 0) is 37.6 Å². The molecule has 1 N–H and O–H groups in total. The zero-order valence-electron chi connectivity index (χ0n) is 14.3. The highest BCUT2D eigenvalue weighted by Gasteiger charge is 2.46.